The molecule has 4 N–H and O–H groups in total. The molecule has 0 aromatic heterocycles. The molecule has 1 saturated heterocycles. The summed E-state index contributed by atoms with van der Waals surface area (Å²) in [5, 5.41) is 5.23. The predicted molar refractivity (Wildman–Crippen MR) is 80.5 cm³/mol. The highest BCUT2D eigenvalue weighted by Gasteiger charge is 2.33. The van der Waals surface area contributed by atoms with E-state index in [2.05, 4.69) is 26.6 Å². The number of nitrogens with zero attached hydrogens (tertiary/aromatic N) is 1. The molecule has 0 saturated carbocycles. The third-order valence-electron chi connectivity index (χ3n) is 3.05. The van der Waals surface area contributed by atoms with E-state index in [4.69, 9.17) is 5.73 Å². The number of amides is 4. The number of halogens is 1. The fraction of sp³-hybridized carbons (Fsp3) is 0.308. The van der Waals surface area contributed by atoms with Gasteiger partial charge in [0, 0.05) is 16.7 Å². The van der Waals surface area contributed by atoms with E-state index in [1.807, 2.05) is 0 Å². The molecule has 1 aliphatic rings. The minimum Gasteiger partial charge on any atom is -0.368 e. The van der Waals surface area contributed by atoms with E-state index in [0.717, 1.165) is 4.47 Å². The molecule has 1 fully saturated rings. The van der Waals surface area contributed by atoms with Gasteiger partial charge in [-0.3, -0.25) is 9.59 Å². The summed E-state index contributed by atoms with van der Waals surface area (Å²) < 4.78 is 0.904. The minimum absolute atomic E-state index is 0.120. The highest BCUT2D eigenvalue weighted by Crippen LogP contribution is 2.15. The fourth-order valence-electron chi connectivity index (χ4n) is 2.08. The van der Waals surface area contributed by atoms with Gasteiger partial charge in [-0.2, -0.15) is 0 Å². The van der Waals surface area contributed by atoms with Crippen LogP contribution >= 0.6 is 15.9 Å². The second-order valence-electron chi connectivity index (χ2n) is 4.67. The molecule has 8 heteroatoms. The van der Waals surface area contributed by atoms with E-state index in [0.29, 0.717) is 18.7 Å². The molecule has 0 bridgehead atoms. The van der Waals surface area contributed by atoms with Gasteiger partial charge in [-0.1, -0.05) is 15.9 Å². The molecule has 1 aromatic carbocycles. The molecule has 0 spiro atoms. The first-order valence-electron chi connectivity index (χ1n) is 6.36. The van der Waals surface area contributed by atoms with Gasteiger partial charge in [0.25, 0.3) is 0 Å². The van der Waals surface area contributed by atoms with Crippen molar-refractivity contribution >= 4 is 39.5 Å². The van der Waals surface area contributed by atoms with Crippen molar-refractivity contribution in [1.82, 2.24) is 10.2 Å². The Morgan fingerprint density at radius 2 is 2.00 bits per heavy atom. The molecule has 0 aliphatic carbocycles. The van der Waals surface area contributed by atoms with Gasteiger partial charge >= 0.3 is 6.03 Å². The minimum atomic E-state index is -0.625. The number of hydrogen-bond donors (Lipinski definition) is 3. The maximum Gasteiger partial charge on any atom is 0.319 e. The van der Waals surface area contributed by atoms with Crippen LogP contribution in [0.5, 0.6) is 0 Å². The van der Waals surface area contributed by atoms with Gasteiger partial charge in [0.15, 0.2) is 0 Å². The van der Waals surface area contributed by atoms with Gasteiger partial charge in [-0.05, 0) is 30.7 Å². The van der Waals surface area contributed by atoms with E-state index in [-0.39, 0.29) is 12.5 Å². The van der Waals surface area contributed by atoms with Gasteiger partial charge in [0.1, 0.15) is 6.04 Å². The van der Waals surface area contributed by atoms with Crippen molar-refractivity contribution < 1.29 is 14.4 Å². The Bertz CT molecular complexity index is 561. The Hall–Kier alpha value is -2.09. The number of hydrogen-bond acceptors (Lipinski definition) is 3. The lowest BCUT2D eigenvalue weighted by molar-refractivity contribution is -0.133. The lowest BCUT2D eigenvalue weighted by Gasteiger charge is -2.15. The molecule has 21 heavy (non-hydrogen) atoms. The average molecular weight is 355 g/mol. The zero-order chi connectivity index (χ0) is 15.4. The predicted octanol–water partition coefficient (Wildman–Crippen LogP) is 0.657. The highest BCUT2D eigenvalue weighted by molar-refractivity contribution is 9.10. The maximum absolute atomic E-state index is 11.9. The molecule has 0 unspecified atom stereocenters. The number of nitrogens with two attached hydrogens (primary N) is 1. The van der Waals surface area contributed by atoms with Crippen molar-refractivity contribution in [2.45, 2.75) is 12.5 Å². The van der Waals surface area contributed by atoms with Crippen LogP contribution in [0.2, 0.25) is 0 Å². The molecule has 1 aliphatic heterocycles. The van der Waals surface area contributed by atoms with Crippen LogP contribution in [-0.2, 0) is 9.59 Å². The second-order valence-corrected chi connectivity index (χ2v) is 5.59. The summed E-state index contributed by atoms with van der Waals surface area (Å²) in [6.07, 6.45) is 0.458. The van der Waals surface area contributed by atoms with Gasteiger partial charge < -0.3 is 21.3 Å². The molecule has 7 nitrogen and oxygen atoms in total. The number of rotatable bonds is 4. The first-order valence-corrected chi connectivity index (χ1v) is 7.15. The average Bonchev–Trinajstić information content (AvgIpc) is 2.74. The molecular formula is C13H15BrN4O3. The van der Waals surface area contributed by atoms with Crippen LogP contribution in [0.4, 0.5) is 10.5 Å². The Morgan fingerprint density at radius 1 is 1.33 bits per heavy atom. The quantitative estimate of drug-likeness (QED) is 0.739. The van der Waals surface area contributed by atoms with Gasteiger partial charge in [-0.25, -0.2) is 4.79 Å². The number of likely N-dealkylation sites (tertiary alicyclic amines) is 1. The van der Waals surface area contributed by atoms with Crippen LogP contribution in [0, 0.1) is 0 Å². The Balaban J connectivity index is 1.87. The first-order chi connectivity index (χ1) is 9.95. The number of primary amides is 1. The zero-order valence-electron chi connectivity index (χ0n) is 11.1. The summed E-state index contributed by atoms with van der Waals surface area (Å²) in [6, 6.07) is 5.98. The lowest BCUT2D eigenvalue weighted by Crippen LogP contribution is -2.44. The fourth-order valence-corrected chi connectivity index (χ4v) is 2.34. The summed E-state index contributed by atoms with van der Waals surface area (Å²) in [4.78, 5) is 35.9. The van der Waals surface area contributed by atoms with Crippen molar-refractivity contribution in [2.24, 2.45) is 5.73 Å². The molecule has 112 valence electrons. The molecular weight excluding hydrogens is 340 g/mol. The van der Waals surface area contributed by atoms with Crippen LogP contribution in [0.3, 0.4) is 0 Å². The topological polar surface area (TPSA) is 105 Å². The van der Waals surface area contributed by atoms with Gasteiger partial charge in [0.05, 0.1) is 6.54 Å². The van der Waals surface area contributed by atoms with Crippen LogP contribution in [0.25, 0.3) is 0 Å². The largest absolute Gasteiger partial charge is 0.368 e. The van der Waals surface area contributed by atoms with E-state index in [1.165, 1.54) is 4.90 Å². The maximum atomic E-state index is 11.9. The lowest BCUT2D eigenvalue weighted by atomic mass is 10.2. The number of anilines is 1. The molecule has 1 atom stereocenters. The number of urea groups is 1. The highest BCUT2D eigenvalue weighted by atomic mass is 79.9. The summed E-state index contributed by atoms with van der Waals surface area (Å²) in [5.41, 5.74) is 5.68. The van der Waals surface area contributed by atoms with Crippen molar-refractivity contribution in [3.05, 3.63) is 28.7 Å². The van der Waals surface area contributed by atoms with E-state index in [1.54, 1.807) is 24.3 Å². The van der Waals surface area contributed by atoms with Crippen LogP contribution in [0.15, 0.2) is 28.7 Å². The summed E-state index contributed by atoms with van der Waals surface area (Å²) >= 11 is 3.30. The second kappa shape index (κ2) is 6.57. The van der Waals surface area contributed by atoms with Crippen LogP contribution < -0.4 is 16.4 Å². The Kier molecular flexibility index (Phi) is 4.79. The molecule has 1 heterocycles. The number of carbonyl (C=O) groups is 3. The van der Waals surface area contributed by atoms with E-state index in [9.17, 15) is 14.4 Å². The van der Waals surface area contributed by atoms with Crippen molar-refractivity contribution in [3.8, 4) is 0 Å². The third-order valence-corrected chi connectivity index (χ3v) is 3.58. The van der Waals surface area contributed by atoms with E-state index >= 15 is 0 Å². The standard InChI is InChI=1S/C13H15BrN4O3/c14-8-1-3-9(4-2-8)16-13(21)17-10-5-6-18(12(10)20)7-11(15)19/h1-4,10H,5-7H2,(H2,15,19)(H2,16,17,21)/t10-/m0/s1. The monoisotopic (exact) mass is 354 g/mol. The molecule has 1 aromatic rings. The molecule has 4 amide bonds. The Labute approximate surface area is 130 Å². The van der Waals surface area contributed by atoms with Gasteiger partial charge in [0.2, 0.25) is 11.8 Å². The number of carbonyl (C=O) groups excluding carboxylic acids is 3. The first kappa shape index (κ1) is 15.3. The third kappa shape index (κ3) is 4.19. The van der Waals surface area contributed by atoms with Crippen LogP contribution in [0.1, 0.15) is 6.42 Å². The molecule has 2 rings (SSSR count). The SMILES string of the molecule is NC(=O)CN1CC[C@H](NC(=O)Nc2ccc(Br)cc2)C1=O. The van der Waals surface area contributed by atoms with E-state index < -0.39 is 18.0 Å². The van der Waals surface area contributed by atoms with Crippen molar-refractivity contribution in [1.29, 1.82) is 0 Å². The summed E-state index contributed by atoms with van der Waals surface area (Å²) in [7, 11) is 0. The number of nitrogens with one attached hydrogen (secondary N) is 2. The summed E-state index contributed by atoms with van der Waals surface area (Å²) in [6.45, 7) is 0.288. The van der Waals surface area contributed by atoms with Crippen molar-refractivity contribution in [3.63, 3.8) is 0 Å². The zero-order valence-corrected chi connectivity index (χ0v) is 12.7. The smallest absolute Gasteiger partial charge is 0.319 e. The van der Waals surface area contributed by atoms with Gasteiger partial charge in [-0.15, -0.1) is 0 Å². The number of benzene rings is 1. The van der Waals surface area contributed by atoms with Crippen LogP contribution in [-0.4, -0.2) is 41.9 Å². The normalized spacial score (nSPS) is 17.7. The summed E-state index contributed by atoms with van der Waals surface area (Å²) in [5.74, 6) is -0.858. The Morgan fingerprint density at radius 3 is 2.62 bits per heavy atom. The van der Waals surface area contributed by atoms with Crippen molar-refractivity contribution in [2.75, 3.05) is 18.4 Å². The molecule has 0 radical (unpaired) electrons.